The van der Waals surface area contributed by atoms with Crippen molar-refractivity contribution in [2.75, 3.05) is 16.8 Å². The molecule has 1 aromatic carbocycles. The third-order valence-corrected chi connectivity index (χ3v) is 5.99. The van der Waals surface area contributed by atoms with Crippen LogP contribution in [-0.4, -0.2) is 40.2 Å². The molecule has 0 aromatic heterocycles. The Labute approximate surface area is 195 Å². The van der Waals surface area contributed by atoms with Gasteiger partial charge in [0.15, 0.2) is 0 Å². The number of nitrogens with zero attached hydrogens (tertiary/aromatic N) is 1. The van der Waals surface area contributed by atoms with E-state index < -0.39 is 47.3 Å². The number of thioether (sulfide) groups is 1. The standard InChI is InChI=1S/C21H24F8N2O2S/c1-18(33,8-3-2-4-10-34-11-5-9-19(22,23)21(27,28)29)17(32)31-15-7-6-14(13-30)16(12-15)20(24,25)26/h6-7,12,33H,2-5,8-11H2,1H3,(H,31,32). The molecule has 192 valence electrons. The van der Waals surface area contributed by atoms with Gasteiger partial charge >= 0.3 is 18.3 Å². The van der Waals surface area contributed by atoms with Gasteiger partial charge in [0.2, 0.25) is 0 Å². The Kier molecular flexibility index (Phi) is 10.6. The molecule has 2 N–H and O–H groups in total. The van der Waals surface area contributed by atoms with Crippen LogP contribution in [0.5, 0.6) is 0 Å². The minimum absolute atomic E-state index is 0.0102. The number of aliphatic hydroxyl groups is 1. The summed E-state index contributed by atoms with van der Waals surface area (Å²) in [6, 6.07) is 4.05. The summed E-state index contributed by atoms with van der Waals surface area (Å²) in [6.45, 7) is 1.20. The largest absolute Gasteiger partial charge is 0.453 e. The fraction of sp³-hybridized carbons (Fsp3) is 0.619. The highest BCUT2D eigenvalue weighted by atomic mass is 32.2. The highest BCUT2D eigenvalue weighted by molar-refractivity contribution is 7.99. The number of carbonyl (C=O) groups is 1. The lowest BCUT2D eigenvalue weighted by atomic mass is 9.97. The summed E-state index contributed by atoms with van der Waals surface area (Å²) in [5.41, 5.74) is -3.94. The Morgan fingerprint density at radius 1 is 1.00 bits per heavy atom. The van der Waals surface area contributed by atoms with Crippen molar-refractivity contribution in [2.24, 2.45) is 0 Å². The Morgan fingerprint density at radius 2 is 1.62 bits per heavy atom. The van der Waals surface area contributed by atoms with E-state index in [0.29, 0.717) is 31.1 Å². The number of hydrogen-bond acceptors (Lipinski definition) is 4. The molecule has 0 saturated carbocycles. The number of anilines is 1. The quantitative estimate of drug-likeness (QED) is 0.243. The Hall–Kier alpha value is -2.07. The van der Waals surface area contributed by atoms with Crippen LogP contribution >= 0.6 is 11.8 Å². The first-order valence-electron chi connectivity index (χ1n) is 10.2. The molecular weight excluding hydrogens is 496 g/mol. The summed E-state index contributed by atoms with van der Waals surface area (Å²) in [7, 11) is 0. The number of halogens is 8. The molecular formula is C21H24F8N2O2S. The molecule has 0 aliphatic carbocycles. The van der Waals surface area contributed by atoms with Crippen LogP contribution in [0.4, 0.5) is 40.8 Å². The van der Waals surface area contributed by atoms with E-state index in [1.807, 2.05) is 0 Å². The monoisotopic (exact) mass is 520 g/mol. The molecule has 0 bridgehead atoms. The Morgan fingerprint density at radius 3 is 2.18 bits per heavy atom. The van der Waals surface area contributed by atoms with E-state index in [1.165, 1.54) is 24.8 Å². The lowest BCUT2D eigenvalue weighted by Crippen LogP contribution is -2.40. The Balaban J connectivity index is 2.39. The molecule has 0 heterocycles. The number of amides is 1. The summed E-state index contributed by atoms with van der Waals surface area (Å²) >= 11 is 1.22. The number of unbranched alkanes of at least 4 members (excludes halogenated alkanes) is 2. The highest BCUT2D eigenvalue weighted by Crippen LogP contribution is 2.39. The van der Waals surface area contributed by atoms with E-state index in [4.69, 9.17) is 5.26 Å². The van der Waals surface area contributed by atoms with Gasteiger partial charge in [0.1, 0.15) is 5.60 Å². The summed E-state index contributed by atoms with van der Waals surface area (Å²) in [6.07, 6.45) is -10.5. The molecule has 34 heavy (non-hydrogen) atoms. The van der Waals surface area contributed by atoms with Gasteiger partial charge in [-0.3, -0.25) is 4.79 Å². The van der Waals surface area contributed by atoms with Gasteiger partial charge < -0.3 is 10.4 Å². The van der Waals surface area contributed by atoms with Gasteiger partial charge in [0, 0.05) is 12.1 Å². The van der Waals surface area contributed by atoms with Crippen molar-refractivity contribution in [1.29, 1.82) is 5.26 Å². The van der Waals surface area contributed by atoms with Crippen molar-refractivity contribution in [3.8, 4) is 6.07 Å². The number of rotatable bonds is 12. The number of nitrogens with one attached hydrogen (secondary N) is 1. The van der Waals surface area contributed by atoms with Gasteiger partial charge in [-0.1, -0.05) is 12.8 Å². The molecule has 0 saturated heterocycles. The number of carbonyl (C=O) groups excluding carboxylic acids is 1. The van der Waals surface area contributed by atoms with Crippen LogP contribution in [0.25, 0.3) is 0 Å². The molecule has 0 fully saturated rings. The maximum atomic E-state index is 13.0. The first-order chi connectivity index (χ1) is 15.5. The van der Waals surface area contributed by atoms with Crippen LogP contribution in [0.2, 0.25) is 0 Å². The number of nitriles is 1. The van der Waals surface area contributed by atoms with Crippen molar-refractivity contribution in [3.63, 3.8) is 0 Å². The summed E-state index contributed by atoms with van der Waals surface area (Å²) in [5.74, 6) is -5.00. The molecule has 0 aliphatic heterocycles. The molecule has 0 spiro atoms. The molecule has 1 rings (SSSR count). The second kappa shape index (κ2) is 12.1. The van der Waals surface area contributed by atoms with Crippen molar-refractivity contribution in [3.05, 3.63) is 29.3 Å². The molecule has 1 atom stereocenters. The fourth-order valence-electron chi connectivity index (χ4n) is 2.82. The van der Waals surface area contributed by atoms with Crippen molar-refractivity contribution < 1.29 is 45.0 Å². The third kappa shape index (κ3) is 9.29. The fourth-order valence-corrected chi connectivity index (χ4v) is 3.78. The van der Waals surface area contributed by atoms with Gasteiger partial charge in [-0.2, -0.15) is 52.1 Å². The van der Waals surface area contributed by atoms with E-state index in [9.17, 15) is 45.0 Å². The molecule has 4 nitrogen and oxygen atoms in total. The van der Waals surface area contributed by atoms with Crippen LogP contribution in [0, 0.1) is 11.3 Å². The van der Waals surface area contributed by atoms with Crippen LogP contribution in [0.1, 0.15) is 56.6 Å². The molecule has 1 amide bonds. The molecule has 1 aromatic rings. The Bertz CT molecular complexity index is 864. The predicted molar refractivity (Wildman–Crippen MR) is 111 cm³/mol. The molecule has 0 radical (unpaired) electrons. The average molecular weight is 520 g/mol. The lowest BCUT2D eigenvalue weighted by Gasteiger charge is -2.22. The smallest absolute Gasteiger partial charge is 0.380 e. The predicted octanol–water partition coefficient (Wildman–Crippen LogP) is 6.54. The summed E-state index contributed by atoms with van der Waals surface area (Å²) in [5, 5.41) is 21.3. The van der Waals surface area contributed by atoms with Crippen LogP contribution < -0.4 is 5.32 Å². The van der Waals surface area contributed by atoms with Gasteiger partial charge in [-0.15, -0.1) is 0 Å². The van der Waals surface area contributed by atoms with E-state index in [2.05, 4.69) is 5.32 Å². The van der Waals surface area contributed by atoms with E-state index >= 15 is 0 Å². The van der Waals surface area contributed by atoms with Crippen LogP contribution in [0.15, 0.2) is 18.2 Å². The van der Waals surface area contributed by atoms with E-state index in [1.54, 1.807) is 0 Å². The average Bonchev–Trinajstić information content (AvgIpc) is 2.70. The topological polar surface area (TPSA) is 73.1 Å². The first kappa shape index (κ1) is 30.0. The zero-order valence-electron chi connectivity index (χ0n) is 18.1. The molecule has 1 unspecified atom stereocenters. The summed E-state index contributed by atoms with van der Waals surface area (Å²) in [4.78, 5) is 12.3. The van der Waals surface area contributed by atoms with Gasteiger partial charge in [0.05, 0.1) is 17.2 Å². The zero-order chi connectivity index (χ0) is 26.2. The number of benzene rings is 1. The maximum Gasteiger partial charge on any atom is 0.453 e. The second-order valence-electron chi connectivity index (χ2n) is 7.83. The first-order valence-corrected chi connectivity index (χ1v) is 11.3. The highest BCUT2D eigenvalue weighted by Gasteiger charge is 2.56. The zero-order valence-corrected chi connectivity index (χ0v) is 18.9. The van der Waals surface area contributed by atoms with E-state index in [-0.39, 0.29) is 24.3 Å². The third-order valence-electron chi connectivity index (χ3n) is 4.84. The minimum atomic E-state index is -5.55. The van der Waals surface area contributed by atoms with Gasteiger partial charge in [-0.05, 0) is 55.9 Å². The van der Waals surface area contributed by atoms with Crippen LogP contribution in [0.3, 0.4) is 0 Å². The molecule has 13 heteroatoms. The van der Waals surface area contributed by atoms with Gasteiger partial charge in [0.25, 0.3) is 5.91 Å². The normalized spacial score (nSPS) is 14.4. The number of alkyl halides is 8. The van der Waals surface area contributed by atoms with Crippen LogP contribution in [-0.2, 0) is 11.0 Å². The number of hydrogen-bond donors (Lipinski definition) is 2. The van der Waals surface area contributed by atoms with Crippen molar-refractivity contribution >= 4 is 23.4 Å². The lowest BCUT2D eigenvalue weighted by molar-refractivity contribution is -0.284. The van der Waals surface area contributed by atoms with Crippen molar-refractivity contribution in [2.45, 2.75) is 69.3 Å². The maximum absolute atomic E-state index is 13.0. The summed E-state index contributed by atoms with van der Waals surface area (Å²) < 4.78 is 101. The molecule has 0 aliphatic rings. The van der Waals surface area contributed by atoms with E-state index in [0.717, 1.165) is 12.1 Å². The van der Waals surface area contributed by atoms with Gasteiger partial charge in [-0.25, -0.2) is 0 Å². The minimum Gasteiger partial charge on any atom is -0.380 e. The SMILES string of the molecule is CC(O)(CCCCCSCCCC(F)(F)C(F)(F)F)C(=O)Nc1ccc(C#N)c(C(F)(F)F)c1. The second-order valence-corrected chi connectivity index (χ2v) is 9.05. The van der Waals surface area contributed by atoms with Crippen molar-refractivity contribution in [1.82, 2.24) is 0 Å².